The average Bonchev–Trinajstić information content (AvgIpc) is 2.64. The minimum absolute atomic E-state index is 0.113. The summed E-state index contributed by atoms with van der Waals surface area (Å²) >= 11 is 0. The number of hydrogen-bond donors (Lipinski definition) is 2. The molecule has 1 aromatic carbocycles. The lowest BCUT2D eigenvalue weighted by Crippen LogP contribution is -2.42. The molecule has 0 aliphatic carbocycles. The molecule has 0 saturated carbocycles. The Morgan fingerprint density at radius 2 is 1.79 bits per heavy atom. The predicted molar refractivity (Wildman–Crippen MR) is 99.1 cm³/mol. The molecule has 1 aliphatic rings. The molecule has 28 heavy (non-hydrogen) atoms. The molecule has 1 saturated heterocycles. The molecule has 1 unspecified atom stereocenters. The van der Waals surface area contributed by atoms with E-state index in [4.69, 9.17) is 14.2 Å². The molecular weight excluding hydrogens is 368 g/mol. The Morgan fingerprint density at radius 1 is 1.18 bits per heavy atom. The molecule has 1 atom stereocenters. The maximum atomic E-state index is 12.1. The molecule has 1 fully saturated rings. The third-order valence-electron chi connectivity index (χ3n) is 3.85. The third kappa shape index (κ3) is 6.73. The van der Waals surface area contributed by atoms with E-state index in [1.807, 2.05) is 0 Å². The summed E-state index contributed by atoms with van der Waals surface area (Å²) in [6.07, 6.45) is -0.823. The fraction of sp³-hybridized carbons (Fsp3) is 0.526. The zero-order valence-corrected chi connectivity index (χ0v) is 16.3. The number of hydrogen-bond acceptors (Lipinski definition) is 6. The van der Waals surface area contributed by atoms with Crippen LogP contribution in [0.15, 0.2) is 24.3 Å². The molecule has 1 heterocycles. The van der Waals surface area contributed by atoms with Gasteiger partial charge in [0, 0.05) is 13.1 Å². The number of nitrogens with zero attached hydrogens (tertiary/aromatic N) is 1. The zero-order valence-electron chi connectivity index (χ0n) is 16.3. The summed E-state index contributed by atoms with van der Waals surface area (Å²) in [4.78, 5) is 37.1. The molecule has 9 nitrogen and oxygen atoms in total. The molecule has 2 rings (SSSR count). The van der Waals surface area contributed by atoms with Gasteiger partial charge in [-0.05, 0) is 38.5 Å². The zero-order chi connectivity index (χ0) is 20.7. The summed E-state index contributed by atoms with van der Waals surface area (Å²) in [7, 11) is 0. The Kier molecular flexibility index (Phi) is 7.22. The summed E-state index contributed by atoms with van der Waals surface area (Å²) < 4.78 is 15.8. The van der Waals surface area contributed by atoms with Crippen LogP contribution in [0.25, 0.3) is 0 Å². The second kappa shape index (κ2) is 9.41. The highest BCUT2D eigenvalue weighted by Gasteiger charge is 2.25. The number of nitrogens with one attached hydrogen (secondary N) is 1. The van der Waals surface area contributed by atoms with Crippen LogP contribution in [-0.4, -0.2) is 66.5 Å². The molecule has 154 valence electrons. The van der Waals surface area contributed by atoms with Crippen LogP contribution in [0.1, 0.15) is 32.4 Å². The summed E-state index contributed by atoms with van der Waals surface area (Å²) in [5, 5.41) is 11.7. The number of carboxylic acids is 1. The second-order valence-electron chi connectivity index (χ2n) is 7.27. The van der Waals surface area contributed by atoms with Crippen LogP contribution in [0.4, 0.5) is 4.79 Å². The van der Waals surface area contributed by atoms with Crippen molar-refractivity contribution in [3.05, 3.63) is 29.8 Å². The Balaban J connectivity index is 1.93. The Hall–Kier alpha value is -2.81. The van der Waals surface area contributed by atoms with Crippen molar-refractivity contribution in [1.82, 2.24) is 10.2 Å². The van der Waals surface area contributed by atoms with Crippen molar-refractivity contribution in [1.29, 1.82) is 0 Å². The van der Waals surface area contributed by atoms with Gasteiger partial charge in [0.05, 0.1) is 13.2 Å². The van der Waals surface area contributed by atoms with E-state index >= 15 is 0 Å². The number of amides is 2. The van der Waals surface area contributed by atoms with Gasteiger partial charge >= 0.3 is 12.1 Å². The summed E-state index contributed by atoms with van der Waals surface area (Å²) in [6.45, 7) is 7.06. The van der Waals surface area contributed by atoms with Gasteiger partial charge in [0.15, 0.2) is 12.6 Å². The van der Waals surface area contributed by atoms with Crippen molar-refractivity contribution in [3.8, 4) is 5.75 Å². The van der Waals surface area contributed by atoms with Crippen molar-refractivity contribution in [3.63, 3.8) is 0 Å². The van der Waals surface area contributed by atoms with Crippen LogP contribution in [-0.2, 0) is 19.1 Å². The number of benzene rings is 1. The lowest BCUT2D eigenvalue weighted by molar-refractivity contribution is -0.139. The van der Waals surface area contributed by atoms with E-state index in [0.29, 0.717) is 37.6 Å². The Morgan fingerprint density at radius 3 is 2.32 bits per heavy atom. The monoisotopic (exact) mass is 394 g/mol. The predicted octanol–water partition coefficient (Wildman–Crippen LogP) is 1.57. The van der Waals surface area contributed by atoms with Crippen molar-refractivity contribution in [2.45, 2.75) is 32.4 Å². The number of rotatable bonds is 6. The van der Waals surface area contributed by atoms with E-state index in [0.717, 1.165) is 0 Å². The van der Waals surface area contributed by atoms with Gasteiger partial charge in [-0.25, -0.2) is 9.59 Å². The van der Waals surface area contributed by atoms with E-state index in [-0.39, 0.29) is 12.5 Å². The Labute approximate surface area is 163 Å². The highest BCUT2D eigenvalue weighted by atomic mass is 16.6. The Bertz CT molecular complexity index is 691. The largest absolute Gasteiger partial charge is 0.484 e. The second-order valence-corrected chi connectivity index (χ2v) is 7.27. The molecule has 0 radical (unpaired) electrons. The lowest BCUT2D eigenvalue weighted by Gasteiger charge is -2.26. The van der Waals surface area contributed by atoms with Gasteiger partial charge < -0.3 is 29.5 Å². The fourth-order valence-corrected chi connectivity index (χ4v) is 2.52. The van der Waals surface area contributed by atoms with Gasteiger partial charge in [-0.15, -0.1) is 0 Å². The minimum atomic E-state index is -1.26. The SMILES string of the molecule is CC(C)(C)OC(=O)NC(C(=O)O)c1ccc(OCC(=O)N2CCOCC2)cc1. The fourth-order valence-electron chi connectivity index (χ4n) is 2.52. The maximum absolute atomic E-state index is 12.1. The first-order chi connectivity index (χ1) is 13.2. The lowest BCUT2D eigenvalue weighted by atomic mass is 10.1. The molecular formula is C19H26N2O7. The molecule has 0 spiro atoms. The van der Waals surface area contributed by atoms with Crippen LogP contribution in [0.3, 0.4) is 0 Å². The van der Waals surface area contributed by atoms with Crippen LogP contribution < -0.4 is 10.1 Å². The quantitative estimate of drug-likeness (QED) is 0.753. The molecule has 0 bridgehead atoms. The standard InChI is InChI=1S/C19H26N2O7/c1-19(2,3)28-18(25)20-16(17(23)24)13-4-6-14(7-5-13)27-12-15(22)21-8-10-26-11-9-21/h4-7,16H,8-12H2,1-3H3,(H,20,25)(H,23,24). The summed E-state index contributed by atoms with van der Waals surface area (Å²) in [5.41, 5.74) is -0.386. The number of carboxylic acid groups (broad SMARTS) is 1. The van der Waals surface area contributed by atoms with E-state index in [9.17, 15) is 19.5 Å². The molecule has 1 aliphatic heterocycles. The third-order valence-corrected chi connectivity index (χ3v) is 3.85. The average molecular weight is 394 g/mol. The van der Waals surface area contributed by atoms with E-state index in [2.05, 4.69) is 5.32 Å². The molecule has 9 heteroatoms. The number of morpholine rings is 1. The van der Waals surface area contributed by atoms with E-state index < -0.39 is 23.7 Å². The van der Waals surface area contributed by atoms with Crippen molar-refractivity contribution >= 4 is 18.0 Å². The number of carbonyl (C=O) groups is 3. The topological polar surface area (TPSA) is 114 Å². The highest BCUT2D eigenvalue weighted by Crippen LogP contribution is 2.19. The first kappa shape index (κ1) is 21.5. The van der Waals surface area contributed by atoms with Crippen LogP contribution in [0.5, 0.6) is 5.75 Å². The van der Waals surface area contributed by atoms with Gasteiger partial charge in [0.2, 0.25) is 0 Å². The highest BCUT2D eigenvalue weighted by molar-refractivity contribution is 5.81. The van der Waals surface area contributed by atoms with Crippen LogP contribution in [0.2, 0.25) is 0 Å². The van der Waals surface area contributed by atoms with Gasteiger partial charge in [0.25, 0.3) is 5.91 Å². The van der Waals surface area contributed by atoms with Gasteiger partial charge in [-0.1, -0.05) is 12.1 Å². The molecule has 1 aromatic rings. The number of carbonyl (C=O) groups excluding carboxylic acids is 2. The number of alkyl carbamates (subject to hydrolysis) is 1. The van der Waals surface area contributed by atoms with E-state index in [1.54, 1.807) is 37.8 Å². The van der Waals surface area contributed by atoms with E-state index in [1.165, 1.54) is 12.1 Å². The molecule has 2 amide bonds. The summed E-state index contributed by atoms with van der Waals surface area (Å²) in [5.74, 6) is -0.934. The van der Waals surface area contributed by atoms with Crippen LogP contribution in [0, 0.1) is 0 Å². The maximum Gasteiger partial charge on any atom is 0.408 e. The molecule has 0 aromatic heterocycles. The molecule has 2 N–H and O–H groups in total. The van der Waals surface area contributed by atoms with Crippen molar-refractivity contribution < 1.29 is 33.7 Å². The number of ether oxygens (including phenoxy) is 3. The first-order valence-electron chi connectivity index (χ1n) is 8.96. The van der Waals surface area contributed by atoms with Gasteiger partial charge in [-0.3, -0.25) is 4.79 Å². The van der Waals surface area contributed by atoms with Gasteiger partial charge in [0.1, 0.15) is 11.4 Å². The number of aliphatic carboxylic acids is 1. The van der Waals surface area contributed by atoms with Crippen molar-refractivity contribution in [2.24, 2.45) is 0 Å². The minimum Gasteiger partial charge on any atom is -0.484 e. The van der Waals surface area contributed by atoms with Crippen LogP contribution >= 0.6 is 0 Å². The van der Waals surface area contributed by atoms with Crippen molar-refractivity contribution in [2.75, 3.05) is 32.9 Å². The first-order valence-corrected chi connectivity index (χ1v) is 8.96. The van der Waals surface area contributed by atoms with Gasteiger partial charge in [-0.2, -0.15) is 0 Å². The smallest absolute Gasteiger partial charge is 0.408 e. The summed E-state index contributed by atoms with van der Waals surface area (Å²) in [6, 6.07) is 4.87. The normalized spacial score (nSPS) is 15.5.